The Balaban J connectivity index is 2.26. The standard InChI is InChI=1S/C9H16N2O3S/c1-3-8-6-11-9(14-8)7-10-4-5-15(2,12)13/h6,10H,3-5,7H2,1-2H3. The van der Waals surface area contributed by atoms with E-state index in [0.717, 1.165) is 12.2 Å². The first-order chi connectivity index (χ1) is 7.01. The number of hydrogen-bond acceptors (Lipinski definition) is 5. The van der Waals surface area contributed by atoms with Crippen molar-refractivity contribution in [3.05, 3.63) is 17.8 Å². The molecule has 1 rings (SSSR count). The maximum atomic E-state index is 10.8. The van der Waals surface area contributed by atoms with Gasteiger partial charge < -0.3 is 9.73 Å². The van der Waals surface area contributed by atoms with Crippen LogP contribution < -0.4 is 5.32 Å². The van der Waals surface area contributed by atoms with Crippen LogP contribution in [-0.4, -0.2) is 32.0 Å². The lowest BCUT2D eigenvalue weighted by Gasteiger charge is -2.00. The molecule has 0 fully saturated rings. The molecule has 0 aliphatic carbocycles. The topological polar surface area (TPSA) is 72.2 Å². The zero-order valence-corrected chi connectivity index (χ0v) is 9.80. The summed E-state index contributed by atoms with van der Waals surface area (Å²) in [6.45, 7) is 2.87. The predicted molar refractivity (Wildman–Crippen MR) is 57.3 cm³/mol. The highest BCUT2D eigenvalue weighted by Gasteiger charge is 2.03. The zero-order valence-electron chi connectivity index (χ0n) is 8.99. The quantitative estimate of drug-likeness (QED) is 0.717. The Morgan fingerprint density at radius 2 is 2.27 bits per heavy atom. The van der Waals surface area contributed by atoms with Crippen molar-refractivity contribution >= 4 is 9.84 Å². The van der Waals surface area contributed by atoms with E-state index in [4.69, 9.17) is 4.42 Å². The van der Waals surface area contributed by atoms with E-state index in [2.05, 4.69) is 10.3 Å². The average molecular weight is 232 g/mol. The fourth-order valence-corrected chi connectivity index (χ4v) is 1.56. The summed E-state index contributed by atoms with van der Waals surface area (Å²) in [5.74, 6) is 1.57. The largest absolute Gasteiger partial charge is 0.444 e. The van der Waals surface area contributed by atoms with Gasteiger partial charge in [0, 0.05) is 19.2 Å². The molecule has 1 aromatic heterocycles. The van der Waals surface area contributed by atoms with Gasteiger partial charge in [-0.05, 0) is 0 Å². The molecule has 0 bridgehead atoms. The molecule has 15 heavy (non-hydrogen) atoms. The van der Waals surface area contributed by atoms with Gasteiger partial charge in [0.2, 0.25) is 5.89 Å². The molecule has 0 spiro atoms. The van der Waals surface area contributed by atoms with Crippen molar-refractivity contribution in [3.63, 3.8) is 0 Å². The maximum absolute atomic E-state index is 10.8. The summed E-state index contributed by atoms with van der Waals surface area (Å²) in [5.41, 5.74) is 0. The third-order valence-electron chi connectivity index (χ3n) is 1.88. The third-order valence-corrected chi connectivity index (χ3v) is 2.82. The molecule has 0 aromatic carbocycles. The van der Waals surface area contributed by atoms with Crippen LogP contribution in [0.25, 0.3) is 0 Å². The summed E-state index contributed by atoms with van der Waals surface area (Å²) >= 11 is 0. The number of rotatable bonds is 6. The summed E-state index contributed by atoms with van der Waals surface area (Å²) in [5, 5.41) is 2.96. The molecule has 0 saturated carbocycles. The number of nitrogens with one attached hydrogen (secondary N) is 1. The van der Waals surface area contributed by atoms with Crippen LogP contribution in [0.4, 0.5) is 0 Å². The summed E-state index contributed by atoms with van der Waals surface area (Å²) in [7, 11) is -2.89. The molecular formula is C9H16N2O3S. The van der Waals surface area contributed by atoms with Gasteiger partial charge in [-0.1, -0.05) is 6.92 Å². The first kappa shape index (κ1) is 12.2. The molecule has 0 aliphatic rings. The first-order valence-electron chi connectivity index (χ1n) is 4.83. The molecule has 86 valence electrons. The fourth-order valence-electron chi connectivity index (χ4n) is 1.05. The lowest BCUT2D eigenvalue weighted by Crippen LogP contribution is -2.22. The van der Waals surface area contributed by atoms with Crippen LogP contribution in [0.5, 0.6) is 0 Å². The third kappa shape index (κ3) is 4.94. The Morgan fingerprint density at radius 1 is 1.53 bits per heavy atom. The summed E-state index contributed by atoms with van der Waals surface area (Å²) in [4.78, 5) is 4.04. The van der Waals surface area contributed by atoms with Crippen LogP contribution in [0.1, 0.15) is 18.6 Å². The van der Waals surface area contributed by atoms with E-state index in [1.807, 2.05) is 6.92 Å². The monoisotopic (exact) mass is 232 g/mol. The summed E-state index contributed by atoms with van der Waals surface area (Å²) in [6.07, 6.45) is 3.72. The zero-order chi connectivity index (χ0) is 11.3. The van der Waals surface area contributed by atoms with Crippen LogP contribution in [-0.2, 0) is 22.8 Å². The van der Waals surface area contributed by atoms with Crippen molar-refractivity contribution in [2.24, 2.45) is 0 Å². The molecule has 1 aromatic rings. The lowest BCUT2D eigenvalue weighted by atomic mass is 10.4. The molecule has 0 radical (unpaired) electrons. The van der Waals surface area contributed by atoms with Crippen LogP contribution in [0.3, 0.4) is 0 Å². The molecule has 0 aliphatic heterocycles. The van der Waals surface area contributed by atoms with E-state index in [9.17, 15) is 8.42 Å². The number of hydrogen-bond donors (Lipinski definition) is 1. The van der Waals surface area contributed by atoms with E-state index in [0.29, 0.717) is 19.0 Å². The van der Waals surface area contributed by atoms with E-state index < -0.39 is 9.84 Å². The second kappa shape index (κ2) is 5.27. The molecule has 6 heteroatoms. The van der Waals surface area contributed by atoms with Crippen LogP contribution in [0.15, 0.2) is 10.6 Å². The highest BCUT2D eigenvalue weighted by Crippen LogP contribution is 2.03. The molecule has 0 unspecified atom stereocenters. The summed E-state index contributed by atoms with van der Waals surface area (Å²) in [6, 6.07) is 0. The second-order valence-electron chi connectivity index (χ2n) is 3.38. The van der Waals surface area contributed by atoms with Gasteiger partial charge in [0.1, 0.15) is 15.6 Å². The maximum Gasteiger partial charge on any atom is 0.208 e. The molecule has 1 heterocycles. The van der Waals surface area contributed by atoms with Gasteiger partial charge in [0.05, 0.1) is 18.5 Å². The van der Waals surface area contributed by atoms with Crippen LogP contribution in [0, 0.1) is 0 Å². The highest BCUT2D eigenvalue weighted by molar-refractivity contribution is 7.90. The molecule has 1 N–H and O–H groups in total. The number of sulfone groups is 1. The molecule has 0 atom stereocenters. The SMILES string of the molecule is CCc1cnc(CNCCS(C)(=O)=O)o1. The molecule has 5 nitrogen and oxygen atoms in total. The van der Waals surface area contributed by atoms with Crippen molar-refractivity contribution in [2.45, 2.75) is 19.9 Å². The van der Waals surface area contributed by atoms with Crippen molar-refractivity contribution in [3.8, 4) is 0 Å². The second-order valence-corrected chi connectivity index (χ2v) is 5.64. The smallest absolute Gasteiger partial charge is 0.208 e. The van der Waals surface area contributed by atoms with Gasteiger partial charge in [-0.3, -0.25) is 0 Å². The number of aromatic nitrogens is 1. The van der Waals surface area contributed by atoms with Gasteiger partial charge in [-0.15, -0.1) is 0 Å². The minimum atomic E-state index is -2.89. The minimum absolute atomic E-state index is 0.133. The van der Waals surface area contributed by atoms with Crippen LogP contribution in [0.2, 0.25) is 0 Å². The summed E-state index contributed by atoms with van der Waals surface area (Å²) < 4.78 is 27.0. The average Bonchev–Trinajstić information content (AvgIpc) is 2.59. The fraction of sp³-hybridized carbons (Fsp3) is 0.667. The van der Waals surface area contributed by atoms with Gasteiger partial charge in [-0.25, -0.2) is 13.4 Å². The Bertz CT molecular complexity index is 397. The van der Waals surface area contributed by atoms with Crippen LogP contribution >= 0.6 is 0 Å². The number of oxazole rings is 1. The van der Waals surface area contributed by atoms with E-state index in [1.54, 1.807) is 6.20 Å². The van der Waals surface area contributed by atoms with Crippen molar-refractivity contribution in [2.75, 3.05) is 18.6 Å². The lowest BCUT2D eigenvalue weighted by molar-refractivity contribution is 0.442. The van der Waals surface area contributed by atoms with Gasteiger partial charge in [-0.2, -0.15) is 0 Å². The Hall–Kier alpha value is -0.880. The van der Waals surface area contributed by atoms with Crippen molar-refractivity contribution in [1.29, 1.82) is 0 Å². The van der Waals surface area contributed by atoms with E-state index in [1.165, 1.54) is 6.26 Å². The van der Waals surface area contributed by atoms with Gasteiger partial charge in [0.25, 0.3) is 0 Å². The van der Waals surface area contributed by atoms with E-state index >= 15 is 0 Å². The van der Waals surface area contributed by atoms with Crippen molar-refractivity contribution in [1.82, 2.24) is 10.3 Å². The van der Waals surface area contributed by atoms with Crippen molar-refractivity contribution < 1.29 is 12.8 Å². The first-order valence-corrected chi connectivity index (χ1v) is 6.89. The highest BCUT2D eigenvalue weighted by atomic mass is 32.2. The number of nitrogens with zero attached hydrogens (tertiary/aromatic N) is 1. The number of aryl methyl sites for hydroxylation is 1. The Kier molecular flexibility index (Phi) is 4.28. The predicted octanol–water partition coefficient (Wildman–Crippen LogP) is 0.371. The van der Waals surface area contributed by atoms with Gasteiger partial charge in [0.15, 0.2) is 0 Å². The molecular weight excluding hydrogens is 216 g/mol. The Labute approximate surface area is 89.8 Å². The van der Waals surface area contributed by atoms with E-state index in [-0.39, 0.29) is 5.75 Å². The minimum Gasteiger partial charge on any atom is -0.444 e. The molecule has 0 saturated heterocycles. The van der Waals surface area contributed by atoms with Gasteiger partial charge >= 0.3 is 0 Å². The normalized spacial score (nSPS) is 11.9. The Morgan fingerprint density at radius 3 is 2.80 bits per heavy atom. The molecule has 0 amide bonds.